The minimum atomic E-state index is 0.00000283. The van der Waals surface area contributed by atoms with Gasteiger partial charge in [0.1, 0.15) is 5.69 Å². The van der Waals surface area contributed by atoms with Crippen LogP contribution in [0.3, 0.4) is 0 Å². The molecule has 1 saturated heterocycles. The zero-order chi connectivity index (χ0) is 13.1. The molecule has 0 aromatic carbocycles. The van der Waals surface area contributed by atoms with Crippen molar-refractivity contribution in [1.82, 2.24) is 14.7 Å². The van der Waals surface area contributed by atoms with Crippen molar-refractivity contribution >= 4 is 5.91 Å². The highest BCUT2D eigenvalue weighted by Gasteiger charge is 2.32. The largest absolute Gasteiger partial charge is 0.381 e. The highest BCUT2D eigenvalue weighted by Crippen LogP contribution is 2.21. The van der Waals surface area contributed by atoms with Crippen LogP contribution in [0, 0.1) is 0 Å². The zero-order valence-corrected chi connectivity index (χ0v) is 10.9. The van der Waals surface area contributed by atoms with E-state index >= 15 is 0 Å². The summed E-state index contributed by atoms with van der Waals surface area (Å²) in [5.74, 6) is 0.00000283. The molecule has 0 aliphatic carbocycles. The van der Waals surface area contributed by atoms with Crippen molar-refractivity contribution in [2.24, 2.45) is 12.8 Å². The summed E-state index contributed by atoms with van der Waals surface area (Å²) in [6.45, 7) is 1.15. The summed E-state index contributed by atoms with van der Waals surface area (Å²) in [7, 11) is 3.48. The third-order valence-electron chi connectivity index (χ3n) is 3.57. The normalized spacial score (nSPS) is 24.3. The molecule has 2 atom stereocenters. The lowest BCUT2D eigenvalue weighted by molar-refractivity contribution is 0.0134. The molecular formula is C12H20N4O2. The first-order valence-corrected chi connectivity index (χ1v) is 6.19. The highest BCUT2D eigenvalue weighted by molar-refractivity contribution is 5.92. The average molecular weight is 252 g/mol. The molecule has 2 rings (SSSR count). The molecule has 6 heteroatoms. The molecule has 0 saturated carbocycles. The fourth-order valence-corrected chi connectivity index (χ4v) is 2.45. The van der Waals surface area contributed by atoms with Crippen LogP contribution in [0.25, 0.3) is 0 Å². The van der Waals surface area contributed by atoms with E-state index in [-0.39, 0.29) is 18.1 Å². The van der Waals surface area contributed by atoms with E-state index in [1.54, 1.807) is 31.1 Å². The Kier molecular flexibility index (Phi) is 3.98. The maximum Gasteiger partial charge on any atom is 0.272 e. The first-order chi connectivity index (χ1) is 8.67. The SMILES string of the molecule is COC1CCN(C(=O)c2ccnn2C)C(CN)C1. The van der Waals surface area contributed by atoms with Gasteiger partial charge in [0.15, 0.2) is 0 Å². The molecule has 2 N–H and O–H groups in total. The van der Waals surface area contributed by atoms with Gasteiger partial charge < -0.3 is 15.4 Å². The highest BCUT2D eigenvalue weighted by atomic mass is 16.5. The number of hydrogen-bond donors (Lipinski definition) is 1. The number of hydrogen-bond acceptors (Lipinski definition) is 4. The molecule has 1 aliphatic rings. The smallest absolute Gasteiger partial charge is 0.272 e. The Morgan fingerprint density at radius 3 is 3.00 bits per heavy atom. The van der Waals surface area contributed by atoms with Crippen molar-refractivity contribution in [3.8, 4) is 0 Å². The van der Waals surface area contributed by atoms with Gasteiger partial charge in [0.05, 0.1) is 6.10 Å². The van der Waals surface area contributed by atoms with Gasteiger partial charge in [-0.3, -0.25) is 9.48 Å². The second-order valence-corrected chi connectivity index (χ2v) is 4.61. The number of nitrogens with zero attached hydrogens (tertiary/aromatic N) is 3. The van der Waals surface area contributed by atoms with Crippen LogP contribution in [0.1, 0.15) is 23.3 Å². The number of amides is 1. The third kappa shape index (κ3) is 2.39. The molecule has 2 heterocycles. The Balaban J connectivity index is 2.13. The van der Waals surface area contributed by atoms with Crippen LogP contribution in [-0.4, -0.2) is 52.9 Å². The Labute approximate surface area is 107 Å². The van der Waals surface area contributed by atoms with Crippen molar-refractivity contribution in [3.05, 3.63) is 18.0 Å². The number of carbonyl (C=O) groups excluding carboxylic acids is 1. The topological polar surface area (TPSA) is 73.4 Å². The zero-order valence-electron chi connectivity index (χ0n) is 10.9. The molecule has 0 radical (unpaired) electrons. The summed E-state index contributed by atoms with van der Waals surface area (Å²) in [6, 6.07) is 1.78. The number of piperidine rings is 1. The summed E-state index contributed by atoms with van der Waals surface area (Å²) < 4.78 is 6.95. The minimum Gasteiger partial charge on any atom is -0.381 e. The number of carbonyl (C=O) groups is 1. The Bertz CT molecular complexity index is 418. The van der Waals surface area contributed by atoms with Crippen molar-refractivity contribution in [2.45, 2.75) is 25.0 Å². The number of nitrogens with two attached hydrogens (primary N) is 1. The molecule has 0 bridgehead atoms. The fraction of sp³-hybridized carbons (Fsp3) is 0.667. The molecule has 0 spiro atoms. The number of likely N-dealkylation sites (tertiary alicyclic amines) is 1. The lowest BCUT2D eigenvalue weighted by Gasteiger charge is -2.38. The van der Waals surface area contributed by atoms with Gasteiger partial charge in [-0.25, -0.2) is 0 Å². The predicted molar refractivity (Wildman–Crippen MR) is 67.1 cm³/mol. The van der Waals surface area contributed by atoms with Crippen LogP contribution in [-0.2, 0) is 11.8 Å². The minimum absolute atomic E-state index is 0.00000283. The molecule has 2 unspecified atom stereocenters. The van der Waals surface area contributed by atoms with Crippen molar-refractivity contribution in [2.75, 3.05) is 20.2 Å². The van der Waals surface area contributed by atoms with Gasteiger partial charge in [-0.05, 0) is 18.9 Å². The van der Waals surface area contributed by atoms with E-state index in [2.05, 4.69) is 5.10 Å². The van der Waals surface area contributed by atoms with Crippen LogP contribution >= 0.6 is 0 Å². The van der Waals surface area contributed by atoms with Crippen molar-refractivity contribution in [1.29, 1.82) is 0 Å². The molecule has 1 aliphatic heterocycles. The standard InChI is InChI=1S/C12H20N4O2/c1-15-11(3-5-14-15)12(17)16-6-4-10(18-2)7-9(16)8-13/h3,5,9-10H,4,6-8,13H2,1-2H3. The molecule has 1 amide bonds. The van der Waals surface area contributed by atoms with Gasteiger partial charge in [-0.1, -0.05) is 0 Å². The van der Waals surface area contributed by atoms with Crippen LogP contribution in [0.2, 0.25) is 0 Å². The maximum absolute atomic E-state index is 12.4. The first-order valence-electron chi connectivity index (χ1n) is 6.19. The van der Waals surface area contributed by atoms with E-state index in [4.69, 9.17) is 10.5 Å². The van der Waals surface area contributed by atoms with E-state index in [1.807, 2.05) is 4.90 Å². The van der Waals surface area contributed by atoms with Gasteiger partial charge in [-0.2, -0.15) is 5.10 Å². The predicted octanol–water partition coefficient (Wildman–Crippen LogP) is -0.00160. The molecule has 1 aromatic heterocycles. The fourth-order valence-electron chi connectivity index (χ4n) is 2.45. The van der Waals surface area contributed by atoms with Gasteiger partial charge >= 0.3 is 0 Å². The number of aromatic nitrogens is 2. The average Bonchev–Trinajstić information content (AvgIpc) is 2.83. The summed E-state index contributed by atoms with van der Waals surface area (Å²) in [6.07, 6.45) is 3.49. The summed E-state index contributed by atoms with van der Waals surface area (Å²) in [4.78, 5) is 14.3. The molecule has 1 fully saturated rings. The van der Waals surface area contributed by atoms with Gasteiger partial charge in [-0.15, -0.1) is 0 Å². The maximum atomic E-state index is 12.4. The van der Waals surface area contributed by atoms with E-state index in [0.717, 1.165) is 12.8 Å². The van der Waals surface area contributed by atoms with Crippen LogP contribution in [0.5, 0.6) is 0 Å². The van der Waals surface area contributed by atoms with Crippen molar-refractivity contribution < 1.29 is 9.53 Å². The summed E-state index contributed by atoms with van der Waals surface area (Å²) >= 11 is 0. The Hall–Kier alpha value is -1.40. The number of methoxy groups -OCH3 is 1. The van der Waals surface area contributed by atoms with Crippen LogP contribution < -0.4 is 5.73 Å². The third-order valence-corrected chi connectivity index (χ3v) is 3.57. The quantitative estimate of drug-likeness (QED) is 0.821. The summed E-state index contributed by atoms with van der Waals surface area (Å²) in [5.41, 5.74) is 6.37. The second kappa shape index (κ2) is 5.49. The molecule has 6 nitrogen and oxygen atoms in total. The van der Waals surface area contributed by atoms with Crippen LogP contribution in [0.15, 0.2) is 12.3 Å². The second-order valence-electron chi connectivity index (χ2n) is 4.61. The van der Waals surface area contributed by atoms with Crippen molar-refractivity contribution in [3.63, 3.8) is 0 Å². The van der Waals surface area contributed by atoms with E-state index < -0.39 is 0 Å². The number of rotatable bonds is 3. The van der Waals surface area contributed by atoms with Gasteiger partial charge in [0.2, 0.25) is 0 Å². The molecule has 18 heavy (non-hydrogen) atoms. The van der Waals surface area contributed by atoms with Gasteiger partial charge in [0.25, 0.3) is 5.91 Å². The Morgan fingerprint density at radius 2 is 2.44 bits per heavy atom. The molecular weight excluding hydrogens is 232 g/mol. The van der Waals surface area contributed by atoms with E-state index in [0.29, 0.717) is 18.8 Å². The van der Waals surface area contributed by atoms with Crippen LogP contribution in [0.4, 0.5) is 0 Å². The Morgan fingerprint density at radius 1 is 1.67 bits per heavy atom. The number of aryl methyl sites for hydroxylation is 1. The monoisotopic (exact) mass is 252 g/mol. The lowest BCUT2D eigenvalue weighted by Crippen LogP contribution is -2.51. The van der Waals surface area contributed by atoms with Gasteiger partial charge in [0, 0.05) is 39.5 Å². The number of ether oxygens (including phenoxy) is 1. The molecule has 100 valence electrons. The van der Waals surface area contributed by atoms with E-state index in [9.17, 15) is 4.79 Å². The first kappa shape index (κ1) is 13.0. The summed E-state index contributed by atoms with van der Waals surface area (Å²) in [5, 5.41) is 4.03. The lowest BCUT2D eigenvalue weighted by atomic mass is 9.99. The van der Waals surface area contributed by atoms with E-state index in [1.165, 1.54) is 0 Å². The molecule has 1 aromatic rings.